The molecule has 0 saturated heterocycles. The van der Waals surface area contributed by atoms with Crippen LogP contribution in [0.15, 0.2) is 37.6 Å². The topological polar surface area (TPSA) is 63.6 Å². The van der Waals surface area contributed by atoms with Crippen LogP contribution in [0.2, 0.25) is 0 Å². The number of ether oxygens (including phenoxy) is 1. The van der Waals surface area contributed by atoms with Gasteiger partial charge >= 0.3 is 11.9 Å². The zero-order chi connectivity index (χ0) is 10.7. The van der Waals surface area contributed by atoms with Crippen molar-refractivity contribution in [2.45, 2.75) is 6.92 Å². The van der Waals surface area contributed by atoms with E-state index >= 15 is 0 Å². The Balaban J connectivity index is 0. The average molecular weight is 184 g/mol. The Morgan fingerprint density at radius 2 is 1.77 bits per heavy atom. The molecule has 0 heterocycles. The van der Waals surface area contributed by atoms with Gasteiger partial charge in [-0.15, -0.1) is 6.58 Å². The van der Waals surface area contributed by atoms with Crippen LogP contribution in [0.25, 0.3) is 0 Å². The summed E-state index contributed by atoms with van der Waals surface area (Å²) in [7, 11) is 0. The average Bonchev–Trinajstić information content (AvgIpc) is 2.03. The monoisotopic (exact) mass is 184 g/mol. The van der Waals surface area contributed by atoms with Crippen LogP contribution in [0.3, 0.4) is 0 Å². The number of carbonyl (C=O) groups excluding carboxylic acids is 1. The van der Waals surface area contributed by atoms with Crippen LogP contribution in [0.1, 0.15) is 6.92 Å². The first-order valence-electron chi connectivity index (χ1n) is 3.38. The molecular weight excluding hydrogens is 172 g/mol. The summed E-state index contributed by atoms with van der Waals surface area (Å²) < 4.78 is 4.17. The number of hydrogen-bond donors (Lipinski definition) is 1. The molecule has 0 fully saturated rings. The lowest BCUT2D eigenvalue weighted by molar-refractivity contribution is -0.134. The minimum Gasteiger partial charge on any atom is -0.478 e. The van der Waals surface area contributed by atoms with Gasteiger partial charge in [-0.25, -0.2) is 9.59 Å². The quantitative estimate of drug-likeness (QED) is 0.312. The largest absolute Gasteiger partial charge is 0.478 e. The molecule has 0 aliphatic rings. The highest BCUT2D eigenvalue weighted by Gasteiger charge is 1.93. The van der Waals surface area contributed by atoms with Crippen LogP contribution < -0.4 is 0 Å². The Bertz CT molecular complexity index is 216. The van der Waals surface area contributed by atoms with Crippen LogP contribution in [-0.4, -0.2) is 17.0 Å². The molecule has 0 atom stereocenters. The van der Waals surface area contributed by atoms with Gasteiger partial charge in [0.15, 0.2) is 0 Å². The highest BCUT2D eigenvalue weighted by Crippen LogP contribution is 1.80. The van der Waals surface area contributed by atoms with Gasteiger partial charge in [-0.1, -0.05) is 12.7 Å². The standard InChI is InChI=1S/C6H6O4.C3H6/c1-2-10-6(9)4-3-5(7)8;1-3-2/h2-4H,1H2,(H,7,8);3H,1H2,2H3/b4-3-;. The van der Waals surface area contributed by atoms with Gasteiger partial charge in [-0.2, -0.15) is 0 Å². The number of esters is 1. The van der Waals surface area contributed by atoms with Crippen molar-refractivity contribution in [3.05, 3.63) is 37.6 Å². The van der Waals surface area contributed by atoms with Crippen molar-refractivity contribution >= 4 is 11.9 Å². The third kappa shape index (κ3) is 17.8. The Morgan fingerprint density at radius 3 is 2.08 bits per heavy atom. The summed E-state index contributed by atoms with van der Waals surface area (Å²) in [6, 6.07) is 0. The van der Waals surface area contributed by atoms with Crippen LogP contribution in [0.4, 0.5) is 0 Å². The van der Waals surface area contributed by atoms with Gasteiger partial charge in [0.25, 0.3) is 0 Å². The molecule has 4 nitrogen and oxygen atoms in total. The fourth-order valence-electron chi connectivity index (χ4n) is 0.261. The summed E-state index contributed by atoms with van der Waals surface area (Å²) in [6.45, 7) is 8.35. The predicted octanol–water partition coefficient (Wildman–Crippen LogP) is 1.51. The Labute approximate surface area is 76.8 Å². The van der Waals surface area contributed by atoms with Crippen LogP contribution in [0.5, 0.6) is 0 Å². The zero-order valence-corrected chi connectivity index (χ0v) is 7.40. The number of carboxylic acid groups (broad SMARTS) is 1. The van der Waals surface area contributed by atoms with Gasteiger partial charge in [0.05, 0.1) is 6.26 Å². The molecule has 13 heavy (non-hydrogen) atoms. The molecular formula is C9H12O4. The molecule has 0 amide bonds. The van der Waals surface area contributed by atoms with Crippen LogP contribution in [-0.2, 0) is 14.3 Å². The van der Waals surface area contributed by atoms with Gasteiger partial charge in [0, 0.05) is 12.2 Å². The molecule has 0 saturated carbocycles. The smallest absolute Gasteiger partial charge is 0.335 e. The lowest BCUT2D eigenvalue weighted by Gasteiger charge is -1.87. The Morgan fingerprint density at radius 1 is 1.31 bits per heavy atom. The second kappa shape index (κ2) is 10.2. The maximum absolute atomic E-state index is 10.3. The molecule has 0 aliphatic heterocycles. The van der Waals surface area contributed by atoms with Crippen molar-refractivity contribution in [1.82, 2.24) is 0 Å². The lowest BCUT2D eigenvalue weighted by Crippen LogP contribution is -1.95. The number of rotatable bonds is 3. The summed E-state index contributed by atoms with van der Waals surface area (Å²) in [5.74, 6) is -1.95. The molecule has 0 aromatic heterocycles. The fraction of sp³-hybridized carbons (Fsp3) is 0.111. The number of carbonyl (C=O) groups is 2. The third-order valence-corrected chi connectivity index (χ3v) is 0.561. The number of hydrogen-bond acceptors (Lipinski definition) is 3. The first-order chi connectivity index (χ1) is 6.08. The van der Waals surface area contributed by atoms with E-state index in [4.69, 9.17) is 5.11 Å². The van der Waals surface area contributed by atoms with E-state index in [2.05, 4.69) is 17.9 Å². The van der Waals surface area contributed by atoms with E-state index in [-0.39, 0.29) is 0 Å². The molecule has 0 aromatic rings. The highest BCUT2D eigenvalue weighted by atomic mass is 16.5. The van der Waals surface area contributed by atoms with Crippen molar-refractivity contribution in [3.63, 3.8) is 0 Å². The Hall–Kier alpha value is -1.84. The van der Waals surface area contributed by atoms with Gasteiger partial charge in [0.1, 0.15) is 0 Å². The van der Waals surface area contributed by atoms with Crippen molar-refractivity contribution in [2.24, 2.45) is 0 Å². The number of carboxylic acids is 1. The molecule has 0 unspecified atom stereocenters. The molecule has 0 radical (unpaired) electrons. The van der Waals surface area contributed by atoms with E-state index in [0.717, 1.165) is 12.3 Å². The summed E-state index contributed by atoms with van der Waals surface area (Å²) in [5, 5.41) is 8.01. The molecule has 0 bridgehead atoms. The predicted molar refractivity (Wildman–Crippen MR) is 48.9 cm³/mol. The Kier molecular flexibility index (Phi) is 10.7. The van der Waals surface area contributed by atoms with E-state index in [1.807, 2.05) is 6.92 Å². The minimum atomic E-state index is -1.19. The maximum atomic E-state index is 10.3. The van der Waals surface area contributed by atoms with Crippen LogP contribution in [0, 0.1) is 0 Å². The second-order valence-electron chi connectivity index (χ2n) is 1.68. The molecule has 0 aliphatic carbocycles. The van der Waals surface area contributed by atoms with Gasteiger partial charge in [-0.3, -0.25) is 0 Å². The normalized spacial score (nSPS) is 8.08. The van der Waals surface area contributed by atoms with E-state index in [1.165, 1.54) is 0 Å². The van der Waals surface area contributed by atoms with Crippen molar-refractivity contribution in [2.75, 3.05) is 0 Å². The van der Waals surface area contributed by atoms with Gasteiger partial charge in [0.2, 0.25) is 0 Å². The van der Waals surface area contributed by atoms with Crippen molar-refractivity contribution in [1.29, 1.82) is 0 Å². The summed E-state index contributed by atoms with van der Waals surface area (Å²) in [6.07, 6.45) is 4.16. The SMILES string of the molecule is C=CC.C=COC(=O)/C=C\C(=O)O. The van der Waals surface area contributed by atoms with Gasteiger partial charge < -0.3 is 9.84 Å². The highest BCUT2D eigenvalue weighted by molar-refractivity contribution is 5.90. The number of allylic oxidation sites excluding steroid dienone is 1. The summed E-state index contributed by atoms with van der Waals surface area (Å²) >= 11 is 0. The van der Waals surface area contributed by atoms with Crippen LogP contribution >= 0.6 is 0 Å². The lowest BCUT2D eigenvalue weighted by atomic mass is 10.5. The first-order valence-corrected chi connectivity index (χ1v) is 3.38. The first kappa shape index (κ1) is 13.7. The number of aliphatic carboxylic acids is 1. The van der Waals surface area contributed by atoms with E-state index < -0.39 is 11.9 Å². The molecule has 0 spiro atoms. The molecule has 0 rings (SSSR count). The van der Waals surface area contributed by atoms with E-state index in [0.29, 0.717) is 6.08 Å². The maximum Gasteiger partial charge on any atom is 0.335 e. The van der Waals surface area contributed by atoms with E-state index in [1.54, 1.807) is 6.08 Å². The fourth-order valence-corrected chi connectivity index (χ4v) is 0.261. The zero-order valence-electron chi connectivity index (χ0n) is 7.40. The molecule has 0 aromatic carbocycles. The van der Waals surface area contributed by atoms with E-state index in [9.17, 15) is 9.59 Å². The molecule has 72 valence electrons. The summed E-state index contributed by atoms with van der Waals surface area (Å²) in [5.41, 5.74) is 0. The third-order valence-electron chi connectivity index (χ3n) is 0.561. The van der Waals surface area contributed by atoms with Crippen molar-refractivity contribution in [3.8, 4) is 0 Å². The minimum absolute atomic E-state index is 0.686. The van der Waals surface area contributed by atoms with Crippen molar-refractivity contribution < 1.29 is 19.4 Å². The second-order valence-corrected chi connectivity index (χ2v) is 1.68. The molecule has 4 heteroatoms. The van der Waals surface area contributed by atoms with Gasteiger partial charge in [-0.05, 0) is 6.92 Å². The molecule has 1 N–H and O–H groups in total. The summed E-state index contributed by atoms with van der Waals surface area (Å²) in [4.78, 5) is 20.1.